The maximum atomic E-state index is 12.4. The highest BCUT2D eigenvalue weighted by Crippen LogP contribution is 2.28. The van der Waals surface area contributed by atoms with Gasteiger partial charge in [0.05, 0.1) is 19.0 Å². The van der Waals surface area contributed by atoms with Crippen molar-refractivity contribution in [2.75, 3.05) is 34.0 Å². The lowest BCUT2D eigenvalue weighted by Crippen LogP contribution is -2.65. The number of ether oxygens (including phenoxy) is 6. The second-order valence-corrected chi connectivity index (χ2v) is 11.2. The zero-order valence-electron chi connectivity index (χ0n) is 21.6. The van der Waals surface area contributed by atoms with E-state index in [1.165, 1.54) is 32.6 Å². The van der Waals surface area contributed by atoms with Crippen LogP contribution in [0.4, 0.5) is 4.79 Å². The first kappa shape index (κ1) is 33.5. The summed E-state index contributed by atoms with van der Waals surface area (Å²) in [6.07, 6.45) is 5.91. The number of unbranched alkanes of at least 4 members (excludes halogenated alkanes) is 4. The van der Waals surface area contributed by atoms with Crippen LogP contribution < -0.4 is 5.32 Å². The summed E-state index contributed by atoms with van der Waals surface area (Å²) in [6, 6.07) is -0.928. The highest BCUT2D eigenvalue weighted by molar-refractivity contribution is 6.67. The quantitative estimate of drug-likeness (QED) is 0.143. The van der Waals surface area contributed by atoms with Crippen molar-refractivity contribution >= 4 is 40.9 Å². The Morgan fingerprint density at radius 1 is 1.17 bits per heavy atom. The van der Waals surface area contributed by atoms with Crippen LogP contribution in [-0.2, 0) is 28.4 Å². The van der Waals surface area contributed by atoms with E-state index in [1.807, 2.05) is 0 Å². The van der Waals surface area contributed by atoms with Gasteiger partial charge in [-0.15, -0.1) is 0 Å². The Bertz CT molecular complexity index is 623. The molecule has 0 spiro atoms. The van der Waals surface area contributed by atoms with E-state index in [1.54, 1.807) is 20.1 Å². The van der Waals surface area contributed by atoms with Gasteiger partial charge < -0.3 is 38.8 Å². The van der Waals surface area contributed by atoms with E-state index in [9.17, 15) is 9.90 Å². The third-order valence-corrected chi connectivity index (χ3v) is 6.05. The van der Waals surface area contributed by atoms with Crippen molar-refractivity contribution in [3.8, 4) is 0 Å². The zero-order valence-corrected chi connectivity index (χ0v) is 23.9. The molecular weight excluding hydrogens is 537 g/mol. The third kappa shape index (κ3) is 13.3. The summed E-state index contributed by atoms with van der Waals surface area (Å²) in [4.78, 5) is 12.4. The number of aliphatic hydroxyl groups excluding tert-OH is 1. The molecule has 0 radical (unpaired) electrons. The molecule has 1 amide bonds. The molecule has 0 bridgehead atoms. The van der Waals surface area contributed by atoms with Crippen LogP contribution in [0.25, 0.3) is 0 Å². The summed E-state index contributed by atoms with van der Waals surface area (Å²) in [7, 11) is 3.18. The number of hydrogen-bond acceptors (Lipinski definition) is 8. The normalized spacial score (nSPS) is 25.6. The average Bonchev–Trinajstić information content (AvgIpc) is 2.83. The first-order chi connectivity index (χ1) is 17.2. The molecule has 1 fully saturated rings. The molecule has 9 nitrogen and oxygen atoms in total. The maximum Gasteiger partial charge on any atom is 0.407 e. The smallest absolute Gasteiger partial charge is 0.407 e. The molecule has 0 aliphatic carbocycles. The molecular formula is C24H42Cl3NO8. The number of alkyl carbamates (subject to hydrolysis) is 1. The van der Waals surface area contributed by atoms with Gasteiger partial charge in [-0.05, 0) is 19.8 Å². The van der Waals surface area contributed by atoms with Gasteiger partial charge in [0.2, 0.25) is 10.1 Å². The lowest BCUT2D eigenvalue weighted by molar-refractivity contribution is -0.264. The van der Waals surface area contributed by atoms with Crippen LogP contribution in [0.2, 0.25) is 0 Å². The molecule has 6 atom stereocenters. The molecule has 1 heterocycles. The van der Waals surface area contributed by atoms with Gasteiger partial charge >= 0.3 is 6.09 Å². The van der Waals surface area contributed by atoms with E-state index < -0.39 is 47.1 Å². The summed E-state index contributed by atoms with van der Waals surface area (Å²) >= 11 is 17.0. The SMILES string of the molecule is C/C=C\OC1OC(COC)C(O)C(OCCC(CCCCCCC)OC)[C@H]1NC(=O)OCC(Cl)(Cl)Cl. The summed E-state index contributed by atoms with van der Waals surface area (Å²) in [5.74, 6) is 0. The lowest BCUT2D eigenvalue weighted by atomic mass is 9.96. The van der Waals surface area contributed by atoms with Gasteiger partial charge in [0, 0.05) is 20.8 Å². The first-order valence-corrected chi connectivity index (χ1v) is 13.5. The van der Waals surface area contributed by atoms with Crippen LogP contribution in [0.15, 0.2) is 12.3 Å². The van der Waals surface area contributed by atoms with E-state index in [4.69, 9.17) is 63.2 Å². The molecule has 36 heavy (non-hydrogen) atoms. The van der Waals surface area contributed by atoms with Gasteiger partial charge in [0.25, 0.3) is 0 Å². The molecule has 1 saturated heterocycles. The fourth-order valence-corrected chi connectivity index (χ4v) is 4.02. The number of nitrogens with one attached hydrogen (secondary N) is 1. The van der Waals surface area contributed by atoms with Crippen molar-refractivity contribution in [1.29, 1.82) is 0 Å². The van der Waals surface area contributed by atoms with Gasteiger partial charge in [-0.1, -0.05) is 79.9 Å². The third-order valence-electron chi connectivity index (χ3n) is 5.72. The summed E-state index contributed by atoms with van der Waals surface area (Å²) < 4.78 is 31.6. The van der Waals surface area contributed by atoms with Crippen LogP contribution in [0, 0.1) is 0 Å². The maximum absolute atomic E-state index is 12.4. The number of rotatable bonds is 17. The Morgan fingerprint density at radius 3 is 2.50 bits per heavy atom. The van der Waals surface area contributed by atoms with Gasteiger partial charge in [0.1, 0.15) is 31.0 Å². The number of aliphatic hydroxyl groups is 1. The molecule has 1 aliphatic rings. The highest BCUT2D eigenvalue weighted by atomic mass is 35.6. The summed E-state index contributed by atoms with van der Waals surface area (Å²) in [5, 5.41) is 13.6. The highest BCUT2D eigenvalue weighted by Gasteiger charge is 2.48. The van der Waals surface area contributed by atoms with Crippen LogP contribution in [0.1, 0.15) is 58.8 Å². The number of halogens is 3. The molecule has 5 unspecified atom stereocenters. The number of amides is 1. The summed E-state index contributed by atoms with van der Waals surface area (Å²) in [6.45, 7) is 3.87. The number of carbonyl (C=O) groups is 1. The molecule has 1 aliphatic heterocycles. The molecule has 1 rings (SSSR count). The number of methoxy groups -OCH3 is 2. The lowest BCUT2D eigenvalue weighted by Gasteiger charge is -2.43. The molecule has 12 heteroatoms. The Hall–Kier alpha value is -0.520. The Balaban J connectivity index is 2.88. The van der Waals surface area contributed by atoms with E-state index in [2.05, 4.69) is 12.2 Å². The minimum Gasteiger partial charge on any atom is -0.471 e. The van der Waals surface area contributed by atoms with Gasteiger partial charge in [0.15, 0.2) is 0 Å². The fraction of sp³-hybridized carbons (Fsp3) is 0.875. The van der Waals surface area contributed by atoms with E-state index in [-0.39, 0.29) is 19.3 Å². The zero-order chi connectivity index (χ0) is 27.0. The molecule has 2 N–H and O–H groups in total. The van der Waals surface area contributed by atoms with Crippen LogP contribution in [0.5, 0.6) is 0 Å². The second-order valence-electron chi connectivity index (χ2n) is 8.64. The van der Waals surface area contributed by atoms with Gasteiger partial charge in [-0.3, -0.25) is 0 Å². The van der Waals surface area contributed by atoms with E-state index in [0.29, 0.717) is 6.42 Å². The van der Waals surface area contributed by atoms with Crippen molar-refractivity contribution in [2.45, 2.75) is 99.3 Å². The summed E-state index contributed by atoms with van der Waals surface area (Å²) in [5.41, 5.74) is 0. The molecule has 0 aromatic carbocycles. The monoisotopic (exact) mass is 577 g/mol. The number of hydrogen-bond donors (Lipinski definition) is 2. The predicted octanol–water partition coefficient (Wildman–Crippen LogP) is 4.88. The Kier molecular flexibility index (Phi) is 17.4. The topological polar surface area (TPSA) is 105 Å². The number of carbonyl (C=O) groups excluding carboxylic acids is 1. The largest absolute Gasteiger partial charge is 0.471 e. The van der Waals surface area contributed by atoms with Crippen molar-refractivity contribution in [2.24, 2.45) is 0 Å². The van der Waals surface area contributed by atoms with E-state index in [0.717, 1.165) is 19.3 Å². The Morgan fingerprint density at radius 2 is 1.89 bits per heavy atom. The molecule has 212 valence electrons. The van der Waals surface area contributed by atoms with Crippen molar-refractivity contribution in [1.82, 2.24) is 5.32 Å². The average molecular weight is 579 g/mol. The van der Waals surface area contributed by atoms with Crippen LogP contribution in [-0.4, -0.2) is 85.8 Å². The van der Waals surface area contributed by atoms with E-state index >= 15 is 0 Å². The Labute approximate surface area is 230 Å². The van der Waals surface area contributed by atoms with Crippen LogP contribution >= 0.6 is 34.8 Å². The predicted molar refractivity (Wildman–Crippen MR) is 140 cm³/mol. The number of alkyl halides is 3. The van der Waals surface area contributed by atoms with Crippen molar-refractivity contribution in [3.05, 3.63) is 12.3 Å². The molecule has 0 aromatic rings. The van der Waals surface area contributed by atoms with Crippen molar-refractivity contribution < 1.29 is 38.3 Å². The van der Waals surface area contributed by atoms with Gasteiger partial charge in [-0.2, -0.15) is 0 Å². The minimum absolute atomic E-state index is 0.0223. The van der Waals surface area contributed by atoms with Crippen LogP contribution in [0.3, 0.4) is 0 Å². The number of allylic oxidation sites excluding steroid dienone is 1. The second kappa shape index (κ2) is 18.7. The fourth-order valence-electron chi connectivity index (χ4n) is 3.86. The van der Waals surface area contributed by atoms with Gasteiger partial charge in [-0.25, -0.2) is 4.79 Å². The standard InChI is InChI=1S/C24H42Cl3NO8/c1-5-7-8-9-10-11-17(32-4)12-14-33-21-19(28-23(30)35-16-24(25,26)27)22(34-13-6-2)36-18(15-31-3)20(21)29/h6,13,17-22,29H,5,7-12,14-16H2,1-4H3,(H,28,30)/b13-6-/t17?,18?,19-,20?,21?,22?/m1/s1. The van der Waals surface area contributed by atoms with Crippen molar-refractivity contribution in [3.63, 3.8) is 0 Å². The molecule has 0 saturated carbocycles. The molecule has 0 aromatic heterocycles. The first-order valence-electron chi connectivity index (χ1n) is 12.4. The minimum atomic E-state index is -1.77.